The summed E-state index contributed by atoms with van der Waals surface area (Å²) in [6.45, 7) is 8.04. The summed E-state index contributed by atoms with van der Waals surface area (Å²) in [6, 6.07) is 9.31. The third-order valence-electron chi connectivity index (χ3n) is 3.39. The highest BCUT2D eigenvalue weighted by Gasteiger charge is 2.06. The second-order valence-corrected chi connectivity index (χ2v) is 6.12. The number of hydrogen-bond acceptors (Lipinski definition) is 4. The molecule has 0 spiro atoms. The molecule has 0 bridgehead atoms. The summed E-state index contributed by atoms with van der Waals surface area (Å²) in [4.78, 5) is 25.7. The summed E-state index contributed by atoms with van der Waals surface area (Å²) in [7, 11) is 0. The normalized spacial score (nSPS) is 10.6. The van der Waals surface area contributed by atoms with Crippen LogP contribution in [0.2, 0.25) is 0 Å². The van der Waals surface area contributed by atoms with Gasteiger partial charge < -0.3 is 15.5 Å². The molecule has 0 saturated heterocycles. The molecule has 0 aromatic heterocycles. The number of anilines is 1. The molecule has 0 saturated carbocycles. The van der Waals surface area contributed by atoms with Gasteiger partial charge in [0, 0.05) is 12.2 Å². The first kappa shape index (κ1) is 19.5. The highest BCUT2D eigenvalue weighted by atomic mass is 32.2. The molecule has 23 heavy (non-hydrogen) atoms. The van der Waals surface area contributed by atoms with Gasteiger partial charge in [0.15, 0.2) is 0 Å². The van der Waals surface area contributed by atoms with Gasteiger partial charge in [-0.1, -0.05) is 32.0 Å². The van der Waals surface area contributed by atoms with Gasteiger partial charge in [0.1, 0.15) is 0 Å². The molecule has 128 valence electrons. The van der Waals surface area contributed by atoms with Gasteiger partial charge >= 0.3 is 0 Å². The molecule has 6 heteroatoms. The second kappa shape index (κ2) is 12.0. The van der Waals surface area contributed by atoms with Gasteiger partial charge in [-0.3, -0.25) is 9.59 Å². The highest BCUT2D eigenvalue weighted by molar-refractivity contribution is 8.00. The Morgan fingerprint density at radius 1 is 1.04 bits per heavy atom. The number of nitrogens with zero attached hydrogens (tertiary/aromatic N) is 1. The van der Waals surface area contributed by atoms with E-state index in [4.69, 9.17) is 0 Å². The van der Waals surface area contributed by atoms with Crippen molar-refractivity contribution in [3.63, 3.8) is 0 Å². The number of amides is 2. The van der Waals surface area contributed by atoms with Crippen LogP contribution >= 0.6 is 11.8 Å². The number of thioether (sulfide) groups is 1. The van der Waals surface area contributed by atoms with Gasteiger partial charge in [0.2, 0.25) is 11.8 Å². The largest absolute Gasteiger partial charge is 0.355 e. The highest BCUT2D eigenvalue weighted by Crippen LogP contribution is 2.07. The number of carbonyl (C=O) groups is 2. The van der Waals surface area contributed by atoms with Crippen molar-refractivity contribution in [1.82, 2.24) is 10.2 Å². The summed E-state index contributed by atoms with van der Waals surface area (Å²) in [6.07, 6.45) is 0.951. The number of para-hydroxylation sites is 1. The Balaban J connectivity index is 2.06. The standard InChI is InChI=1S/C17H27N3O2S/c1-3-20(4-2)12-8-11-18-16(21)13-23-14-17(22)19-15-9-6-5-7-10-15/h5-7,9-10H,3-4,8,11-14H2,1-2H3,(H,18,21)(H,19,22). The molecule has 0 unspecified atom stereocenters. The smallest absolute Gasteiger partial charge is 0.234 e. The van der Waals surface area contributed by atoms with Crippen LogP contribution in [0.5, 0.6) is 0 Å². The second-order valence-electron chi connectivity index (χ2n) is 5.14. The zero-order chi connectivity index (χ0) is 16.9. The van der Waals surface area contributed by atoms with Crippen LogP contribution in [0.3, 0.4) is 0 Å². The molecule has 0 aliphatic heterocycles. The Morgan fingerprint density at radius 2 is 1.70 bits per heavy atom. The van der Waals surface area contributed by atoms with Gasteiger partial charge in [-0.05, 0) is 38.2 Å². The zero-order valence-corrected chi connectivity index (χ0v) is 14.8. The minimum absolute atomic E-state index is 0.0120. The molecule has 1 rings (SSSR count). The van der Waals surface area contributed by atoms with E-state index in [0.29, 0.717) is 12.3 Å². The van der Waals surface area contributed by atoms with Crippen molar-refractivity contribution in [3.8, 4) is 0 Å². The van der Waals surface area contributed by atoms with Gasteiger partial charge in [0.25, 0.3) is 0 Å². The maximum atomic E-state index is 11.7. The first-order valence-corrected chi connectivity index (χ1v) is 9.22. The predicted octanol–water partition coefficient (Wildman–Crippen LogP) is 2.21. The average Bonchev–Trinajstić information content (AvgIpc) is 2.56. The van der Waals surface area contributed by atoms with E-state index < -0.39 is 0 Å². The Morgan fingerprint density at radius 3 is 2.35 bits per heavy atom. The van der Waals surface area contributed by atoms with Crippen LogP contribution in [-0.2, 0) is 9.59 Å². The van der Waals surface area contributed by atoms with Gasteiger partial charge in [-0.25, -0.2) is 0 Å². The third-order valence-corrected chi connectivity index (χ3v) is 4.32. The van der Waals surface area contributed by atoms with Crippen molar-refractivity contribution in [2.24, 2.45) is 0 Å². The molecule has 1 aromatic carbocycles. The zero-order valence-electron chi connectivity index (χ0n) is 14.0. The quantitative estimate of drug-likeness (QED) is 0.608. The maximum Gasteiger partial charge on any atom is 0.234 e. The fourth-order valence-corrected chi connectivity index (χ4v) is 2.72. The van der Waals surface area contributed by atoms with Crippen LogP contribution in [0, 0.1) is 0 Å². The van der Waals surface area contributed by atoms with E-state index >= 15 is 0 Å². The van der Waals surface area contributed by atoms with Crippen LogP contribution in [-0.4, -0.2) is 54.4 Å². The molecule has 0 aliphatic rings. The lowest BCUT2D eigenvalue weighted by Crippen LogP contribution is -2.31. The Hall–Kier alpha value is -1.53. The molecular weight excluding hydrogens is 310 g/mol. The van der Waals surface area contributed by atoms with Crippen LogP contribution in [0.1, 0.15) is 20.3 Å². The summed E-state index contributed by atoms with van der Waals surface area (Å²) in [5.41, 5.74) is 0.777. The number of benzene rings is 1. The van der Waals surface area contributed by atoms with Gasteiger partial charge in [-0.2, -0.15) is 0 Å². The van der Waals surface area contributed by atoms with Crippen molar-refractivity contribution >= 4 is 29.3 Å². The van der Waals surface area contributed by atoms with Crippen molar-refractivity contribution < 1.29 is 9.59 Å². The molecule has 5 nitrogen and oxygen atoms in total. The van der Waals surface area contributed by atoms with Crippen molar-refractivity contribution in [2.75, 3.05) is 43.0 Å². The van der Waals surface area contributed by atoms with E-state index in [1.54, 1.807) is 0 Å². The molecule has 0 fully saturated rings. The SMILES string of the molecule is CCN(CC)CCCNC(=O)CSCC(=O)Nc1ccccc1. The van der Waals surface area contributed by atoms with E-state index in [2.05, 4.69) is 29.4 Å². The van der Waals surface area contributed by atoms with E-state index in [1.807, 2.05) is 30.3 Å². The molecule has 2 amide bonds. The lowest BCUT2D eigenvalue weighted by atomic mass is 10.3. The molecule has 0 atom stereocenters. The van der Waals surface area contributed by atoms with Crippen LogP contribution < -0.4 is 10.6 Å². The van der Waals surface area contributed by atoms with Crippen molar-refractivity contribution in [3.05, 3.63) is 30.3 Å². The minimum Gasteiger partial charge on any atom is -0.355 e. The van der Waals surface area contributed by atoms with E-state index in [-0.39, 0.29) is 17.6 Å². The van der Waals surface area contributed by atoms with Gasteiger partial charge in [0.05, 0.1) is 11.5 Å². The van der Waals surface area contributed by atoms with Crippen molar-refractivity contribution in [2.45, 2.75) is 20.3 Å². The van der Waals surface area contributed by atoms with E-state index in [9.17, 15) is 9.59 Å². The van der Waals surface area contributed by atoms with Crippen molar-refractivity contribution in [1.29, 1.82) is 0 Å². The average molecular weight is 337 g/mol. The summed E-state index contributed by atoms with van der Waals surface area (Å²) in [5.74, 6) is 0.493. The predicted molar refractivity (Wildman–Crippen MR) is 97.8 cm³/mol. The first-order valence-electron chi connectivity index (χ1n) is 8.07. The maximum absolute atomic E-state index is 11.7. The minimum atomic E-state index is -0.0875. The third kappa shape index (κ3) is 9.25. The summed E-state index contributed by atoms with van der Waals surface area (Å²) in [5, 5.41) is 5.69. The lowest BCUT2D eigenvalue weighted by molar-refractivity contribution is -0.118. The molecule has 1 aromatic rings. The van der Waals surface area contributed by atoms with Crippen LogP contribution in [0.4, 0.5) is 5.69 Å². The Labute approximate surface area is 143 Å². The number of hydrogen-bond donors (Lipinski definition) is 2. The lowest BCUT2D eigenvalue weighted by Gasteiger charge is -2.17. The topological polar surface area (TPSA) is 61.4 Å². The summed E-state index contributed by atoms with van der Waals surface area (Å²) >= 11 is 1.33. The first-order chi connectivity index (χ1) is 11.2. The number of nitrogens with one attached hydrogen (secondary N) is 2. The Bertz CT molecular complexity index is 464. The number of rotatable bonds is 11. The molecule has 2 N–H and O–H groups in total. The monoisotopic (exact) mass is 337 g/mol. The molecule has 0 aliphatic carbocycles. The van der Waals surface area contributed by atoms with Crippen LogP contribution in [0.25, 0.3) is 0 Å². The van der Waals surface area contributed by atoms with E-state index in [0.717, 1.165) is 31.7 Å². The van der Waals surface area contributed by atoms with Gasteiger partial charge in [-0.15, -0.1) is 11.8 Å². The fraction of sp³-hybridized carbons (Fsp3) is 0.529. The van der Waals surface area contributed by atoms with E-state index in [1.165, 1.54) is 11.8 Å². The summed E-state index contributed by atoms with van der Waals surface area (Å²) < 4.78 is 0. The fourth-order valence-electron chi connectivity index (χ4n) is 2.08. The number of carbonyl (C=O) groups excluding carboxylic acids is 2. The van der Waals surface area contributed by atoms with Crippen LogP contribution in [0.15, 0.2) is 30.3 Å². The Kier molecular flexibility index (Phi) is 10.2. The molecular formula is C17H27N3O2S. The molecule has 0 radical (unpaired) electrons. The molecule has 0 heterocycles.